The van der Waals surface area contributed by atoms with Crippen LogP contribution < -0.4 is 10.6 Å². The van der Waals surface area contributed by atoms with Gasteiger partial charge in [0, 0.05) is 26.7 Å². The molecule has 1 aliphatic rings. The molecule has 1 unspecified atom stereocenters. The Bertz CT molecular complexity index is 529. The number of guanidine groups is 1. The maximum atomic E-state index is 11.8. The third-order valence-electron chi connectivity index (χ3n) is 4.32. The number of aliphatic imine (C=N–C) groups is 1. The van der Waals surface area contributed by atoms with Gasteiger partial charge in [-0.3, -0.25) is 9.69 Å². The van der Waals surface area contributed by atoms with Crippen LogP contribution in [0, 0.1) is 0 Å². The summed E-state index contributed by atoms with van der Waals surface area (Å²) in [5.41, 5.74) is 1.19. The summed E-state index contributed by atoms with van der Waals surface area (Å²) in [4.78, 5) is 20.5. The van der Waals surface area contributed by atoms with Gasteiger partial charge in [0.05, 0.1) is 13.1 Å². The number of rotatable bonds is 7. The fraction of sp³-hybridized carbons (Fsp3) is 0.647. The number of nitrogens with one attached hydrogen (secondary N) is 2. The highest BCUT2D eigenvalue weighted by atomic mass is 32.1. The molecule has 0 radical (unpaired) electrons. The molecule has 0 spiro atoms. The molecule has 0 bridgehead atoms. The van der Waals surface area contributed by atoms with E-state index in [4.69, 9.17) is 0 Å². The minimum atomic E-state index is 0.0380. The number of hydrogen-bond acceptors (Lipinski definition) is 4. The van der Waals surface area contributed by atoms with Crippen LogP contribution in [-0.4, -0.2) is 68.0 Å². The van der Waals surface area contributed by atoms with Gasteiger partial charge in [-0.25, -0.2) is 4.99 Å². The topological polar surface area (TPSA) is 60.0 Å². The highest BCUT2D eigenvalue weighted by Gasteiger charge is 2.22. The summed E-state index contributed by atoms with van der Waals surface area (Å²) in [6.07, 6.45) is 2.48. The molecule has 6 nitrogen and oxygen atoms in total. The Kier molecular flexibility index (Phi) is 7.52. The van der Waals surface area contributed by atoms with Gasteiger partial charge >= 0.3 is 0 Å². The van der Waals surface area contributed by atoms with Gasteiger partial charge in [0.2, 0.25) is 5.91 Å². The Morgan fingerprint density at radius 1 is 1.46 bits per heavy atom. The molecule has 0 aromatic carbocycles. The number of likely N-dealkylation sites (tertiary alicyclic amines) is 1. The number of carbonyl (C=O) groups excluding carboxylic acids is 1. The minimum Gasteiger partial charge on any atom is -0.355 e. The molecule has 1 fully saturated rings. The first kappa shape index (κ1) is 18.7. The summed E-state index contributed by atoms with van der Waals surface area (Å²) in [5.74, 6) is 0.746. The monoisotopic (exact) mass is 351 g/mol. The van der Waals surface area contributed by atoms with Crippen molar-refractivity contribution < 1.29 is 4.79 Å². The number of amides is 1. The average Bonchev–Trinajstić information content (AvgIpc) is 3.24. The summed E-state index contributed by atoms with van der Waals surface area (Å²) in [5, 5.41) is 10.7. The highest BCUT2D eigenvalue weighted by Crippen LogP contribution is 2.15. The number of carbonyl (C=O) groups is 1. The minimum absolute atomic E-state index is 0.0380. The maximum Gasteiger partial charge on any atom is 0.241 e. The van der Waals surface area contributed by atoms with Crippen molar-refractivity contribution in [3.8, 4) is 0 Å². The molecule has 0 aliphatic carbocycles. The molecule has 2 N–H and O–H groups in total. The van der Waals surface area contributed by atoms with E-state index in [-0.39, 0.29) is 12.5 Å². The summed E-state index contributed by atoms with van der Waals surface area (Å²) >= 11 is 1.67. The van der Waals surface area contributed by atoms with E-state index in [0.717, 1.165) is 13.1 Å². The summed E-state index contributed by atoms with van der Waals surface area (Å²) in [6.45, 7) is 6.20. The molecule has 1 amide bonds. The van der Waals surface area contributed by atoms with Gasteiger partial charge in [0.1, 0.15) is 0 Å². The number of hydrogen-bond donors (Lipinski definition) is 2. The third-order valence-corrected chi connectivity index (χ3v) is 5.05. The van der Waals surface area contributed by atoms with E-state index >= 15 is 0 Å². The van der Waals surface area contributed by atoms with Crippen molar-refractivity contribution >= 4 is 23.2 Å². The van der Waals surface area contributed by atoms with Crippen LogP contribution in [0.2, 0.25) is 0 Å². The Labute approximate surface area is 148 Å². The quantitative estimate of drug-likeness (QED) is 0.575. The van der Waals surface area contributed by atoms with Crippen LogP contribution in [0.25, 0.3) is 0 Å². The maximum absolute atomic E-state index is 11.8. The van der Waals surface area contributed by atoms with Crippen LogP contribution in [0.1, 0.15) is 25.3 Å². The van der Waals surface area contributed by atoms with Gasteiger partial charge in [-0.1, -0.05) is 6.92 Å². The lowest BCUT2D eigenvalue weighted by molar-refractivity contribution is -0.127. The van der Waals surface area contributed by atoms with Crippen LogP contribution in [0.4, 0.5) is 0 Å². The summed E-state index contributed by atoms with van der Waals surface area (Å²) in [6, 6.07) is 2.62. The smallest absolute Gasteiger partial charge is 0.241 e. The van der Waals surface area contributed by atoms with Gasteiger partial charge in [-0.15, -0.1) is 0 Å². The average molecular weight is 352 g/mol. The van der Waals surface area contributed by atoms with Gasteiger partial charge < -0.3 is 15.5 Å². The molecule has 1 aliphatic heterocycles. The lowest BCUT2D eigenvalue weighted by Gasteiger charge is -2.24. The van der Waals surface area contributed by atoms with Crippen LogP contribution in [0.15, 0.2) is 21.8 Å². The van der Waals surface area contributed by atoms with Crippen molar-refractivity contribution in [2.24, 2.45) is 4.99 Å². The van der Waals surface area contributed by atoms with Crippen molar-refractivity contribution in [1.82, 2.24) is 20.4 Å². The Hall–Kier alpha value is -1.60. The summed E-state index contributed by atoms with van der Waals surface area (Å²) in [7, 11) is 3.52. The van der Waals surface area contributed by atoms with Crippen molar-refractivity contribution in [1.29, 1.82) is 0 Å². The predicted molar refractivity (Wildman–Crippen MR) is 100 cm³/mol. The second kappa shape index (κ2) is 9.64. The molecule has 2 heterocycles. The standard InChI is InChI=1S/C17H29N5OS/c1-4-22-8-5-6-15(22)11-19-17(20-12-16(23)21(2)3)18-10-14-7-9-24-13-14/h7,9,13,15H,4-6,8,10-12H2,1-3H3,(H2,18,19,20). The second-order valence-electron chi connectivity index (χ2n) is 6.24. The first-order valence-electron chi connectivity index (χ1n) is 8.57. The van der Waals surface area contributed by atoms with E-state index in [1.54, 1.807) is 30.3 Å². The molecule has 1 aromatic heterocycles. The van der Waals surface area contributed by atoms with Crippen LogP contribution in [0.3, 0.4) is 0 Å². The van der Waals surface area contributed by atoms with Gasteiger partial charge in [0.15, 0.2) is 5.96 Å². The van der Waals surface area contributed by atoms with Crippen LogP contribution >= 0.6 is 11.3 Å². The molecule has 7 heteroatoms. The zero-order valence-corrected chi connectivity index (χ0v) is 15.7. The van der Waals surface area contributed by atoms with Crippen molar-refractivity contribution in [2.45, 2.75) is 32.4 Å². The van der Waals surface area contributed by atoms with Crippen molar-refractivity contribution in [3.63, 3.8) is 0 Å². The zero-order chi connectivity index (χ0) is 17.4. The summed E-state index contributed by atoms with van der Waals surface area (Å²) < 4.78 is 0. The number of nitrogens with zero attached hydrogens (tertiary/aromatic N) is 3. The van der Waals surface area contributed by atoms with Crippen molar-refractivity contribution in [2.75, 3.05) is 40.3 Å². The number of thiophene rings is 1. The molecule has 134 valence electrons. The SMILES string of the molecule is CCN1CCCC1CNC(=NCc1ccsc1)NCC(=O)N(C)C. The van der Waals surface area contributed by atoms with E-state index in [1.807, 2.05) is 0 Å². The molecule has 1 saturated heterocycles. The molecule has 1 atom stereocenters. The molecular weight excluding hydrogens is 322 g/mol. The fourth-order valence-corrected chi connectivity index (χ4v) is 3.46. The second-order valence-corrected chi connectivity index (χ2v) is 7.02. The zero-order valence-electron chi connectivity index (χ0n) is 14.9. The molecule has 24 heavy (non-hydrogen) atoms. The predicted octanol–water partition coefficient (Wildman–Crippen LogP) is 1.36. The number of likely N-dealkylation sites (N-methyl/N-ethyl adjacent to an activating group) is 2. The fourth-order valence-electron chi connectivity index (χ4n) is 2.80. The van der Waals surface area contributed by atoms with E-state index in [9.17, 15) is 4.79 Å². The Balaban J connectivity index is 1.91. The van der Waals surface area contributed by atoms with Gasteiger partial charge in [-0.2, -0.15) is 11.3 Å². The Morgan fingerprint density at radius 3 is 2.96 bits per heavy atom. The normalized spacial score (nSPS) is 18.6. The van der Waals surface area contributed by atoms with E-state index < -0.39 is 0 Å². The molecular formula is C17H29N5OS. The van der Waals surface area contributed by atoms with Crippen LogP contribution in [-0.2, 0) is 11.3 Å². The first-order chi connectivity index (χ1) is 11.6. The molecule has 0 saturated carbocycles. The lowest BCUT2D eigenvalue weighted by Crippen LogP contribution is -2.47. The van der Waals surface area contributed by atoms with Crippen molar-refractivity contribution in [3.05, 3.63) is 22.4 Å². The van der Waals surface area contributed by atoms with Gasteiger partial charge in [0.25, 0.3) is 0 Å². The van der Waals surface area contributed by atoms with Gasteiger partial charge in [-0.05, 0) is 48.3 Å². The van der Waals surface area contributed by atoms with Crippen LogP contribution in [0.5, 0.6) is 0 Å². The highest BCUT2D eigenvalue weighted by molar-refractivity contribution is 7.07. The third kappa shape index (κ3) is 5.79. The molecule has 2 rings (SSSR count). The first-order valence-corrected chi connectivity index (χ1v) is 9.52. The van der Waals surface area contributed by atoms with E-state index in [2.05, 4.69) is 44.3 Å². The molecule has 1 aromatic rings. The Morgan fingerprint density at radius 2 is 2.29 bits per heavy atom. The lowest BCUT2D eigenvalue weighted by atomic mass is 10.2. The van der Waals surface area contributed by atoms with E-state index in [0.29, 0.717) is 18.5 Å². The largest absolute Gasteiger partial charge is 0.355 e. The van der Waals surface area contributed by atoms with E-state index in [1.165, 1.54) is 24.9 Å².